The summed E-state index contributed by atoms with van der Waals surface area (Å²) in [6.45, 7) is 0.301. The van der Waals surface area contributed by atoms with Crippen LogP contribution in [0.5, 0.6) is 0 Å². The van der Waals surface area contributed by atoms with E-state index in [2.05, 4.69) is 10.6 Å². The number of carbonyl (C=O) groups is 7. The molecule has 2 aromatic carbocycles. The van der Waals surface area contributed by atoms with Gasteiger partial charge in [0.05, 0.1) is 30.4 Å². The normalized spacial score (nSPS) is 15.6. The summed E-state index contributed by atoms with van der Waals surface area (Å²) < 4.78 is 0. The number of anilines is 2. The minimum Gasteiger partial charge on any atom is -0.481 e. The predicted molar refractivity (Wildman–Crippen MR) is 130 cm³/mol. The van der Waals surface area contributed by atoms with Crippen molar-refractivity contribution < 1.29 is 38.7 Å². The van der Waals surface area contributed by atoms with Crippen molar-refractivity contribution in [2.75, 3.05) is 22.9 Å². The molecule has 3 rings (SSSR count). The second-order valence-corrected chi connectivity index (χ2v) is 8.17. The quantitative estimate of drug-likeness (QED) is 0.240. The Morgan fingerprint density at radius 3 is 2.24 bits per heavy atom. The van der Waals surface area contributed by atoms with Crippen LogP contribution in [-0.2, 0) is 28.8 Å². The Morgan fingerprint density at radius 2 is 1.65 bits per heavy atom. The van der Waals surface area contributed by atoms with Gasteiger partial charge in [0, 0.05) is 12.5 Å². The van der Waals surface area contributed by atoms with Crippen LogP contribution in [0.4, 0.5) is 11.4 Å². The Kier molecular flexibility index (Phi) is 8.46. The zero-order valence-electron chi connectivity index (χ0n) is 19.7. The van der Waals surface area contributed by atoms with E-state index in [-0.39, 0.29) is 29.8 Å². The van der Waals surface area contributed by atoms with E-state index in [9.17, 15) is 33.6 Å². The molecule has 4 amide bonds. The maximum absolute atomic E-state index is 13.6. The van der Waals surface area contributed by atoms with Crippen LogP contribution < -0.4 is 20.4 Å². The van der Waals surface area contributed by atoms with Gasteiger partial charge >= 0.3 is 5.97 Å². The first-order valence-corrected chi connectivity index (χ1v) is 11.2. The standard InChI is InChI=1S/C25H24N4O8/c1-15(31)28-12-18(27-24(36)23(35)16-7-3-2-4-8-16)25(37)29(20-10-6-5-9-19(20)28)13-21(32)26-17(14-30)11-22(33)34/h2-10,14,17-18H,11-13H2,1H3,(H,26,32)(H,27,36)(H,33,34)/t17-,18-/m0/s1. The number of ketones is 1. The van der Waals surface area contributed by atoms with Crippen LogP contribution in [0.15, 0.2) is 54.6 Å². The molecule has 3 N–H and O–H groups in total. The minimum atomic E-state index is -1.40. The Balaban J connectivity index is 1.92. The maximum atomic E-state index is 13.6. The number of fused-ring (bicyclic) bond motifs is 1. The number of Topliss-reactive ketones (excluding diaryl/α,β-unsaturated/α-hetero) is 1. The van der Waals surface area contributed by atoms with Crippen molar-refractivity contribution in [1.29, 1.82) is 0 Å². The summed E-state index contributed by atoms with van der Waals surface area (Å²) in [5, 5.41) is 13.5. The molecule has 192 valence electrons. The summed E-state index contributed by atoms with van der Waals surface area (Å²) in [5.41, 5.74) is 0.548. The summed E-state index contributed by atoms with van der Waals surface area (Å²) >= 11 is 0. The topological polar surface area (TPSA) is 170 Å². The zero-order valence-corrected chi connectivity index (χ0v) is 19.7. The molecule has 12 nitrogen and oxygen atoms in total. The first kappa shape index (κ1) is 26.7. The third kappa shape index (κ3) is 6.42. The highest BCUT2D eigenvalue weighted by Crippen LogP contribution is 2.32. The van der Waals surface area contributed by atoms with Gasteiger partial charge in [-0.25, -0.2) is 0 Å². The number of carbonyl (C=O) groups excluding carboxylic acids is 6. The van der Waals surface area contributed by atoms with Crippen molar-refractivity contribution in [3.63, 3.8) is 0 Å². The number of nitrogens with zero attached hydrogens (tertiary/aromatic N) is 2. The van der Waals surface area contributed by atoms with Crippen molar-refractivity contribution in [2.24, 2.45) is 0 Å². The molecular weight excluding hydrogens is 484 g/mol. The van der Waals surface area contributed by atoms with Gasteiger partial charge in [-0.15, -0.1) is 0 Å². The Bertz CT molecular complexity index is 1250. The lowest BCUT2D eigenvalue weighted by Gasteiger charge is -2.25. The lowest BCUT2D eigenvalue weighted by Crippen LogP contribution is -2.55. The molecule has 2 aromatic rings. The van der Waals surface area contributed by atoms with Crippen molar-refractivity contribution in [1.82, 2.24) is 10.6 Å². The smallest absolute Gasteiger partial charge is 0.305 e. The number of nitrogens with one attached hydrogen (secondary N) is 2. The van der Waals surface area contributed by atoms with Crippen LogP contribution in [0.3, 0.4) is 0 Å². The number of hydrogen-bond acceptors (Lipinski definition) is 7. The van der Waals surface area contributed by atoms with Crippen LogP contribution >= 0.6 is 0 Å². The predicted octanol–water partition coefficient (Wildman–Crippen LogP) is -0.0878. The molecule has 1 aliphatic rings. The molecule has 12 heteroatoms. The second-order valence-electron chi connectivity index (χ2n) is 8.17. The Hall–Kier alpha value is -4.87. The van der Waals surface area contributed by atoms with E-state index >= 15 is 0 Å². The molecule has 0 saturated carbocycles. The Morgan fingerprint density at radius 1 is 1.03 bits per heavy atom. The second kappa shape index (κ2) is 11.7. The fraction of sp³-hybridized carbons (Fsp3) is 0.240. The fourth-order valence-electron chi connectivity index (χ4n) is 3.82. The first-order chi connectivity index (χ1) is 17.6. The number of benzene rings is 2. The average Bonchev–Trinajstić information content (AvgIpc) is 2.98. The van der Waals surface area contributed by atoms with Gasteiger partial charge in [0.1, 0.15) is 18.9 Å². The van der Waals surface area contributed by atoms with E-state index in [4.69, 9.17) is 5.11 Å². The van der Waals surface area contributed by atoms with Gasteiger partial charge < -0.3 is 25.4 Å². The summed E-state index contributed by atoms with van der Waals surface area (Å²) in [4.78, 5) is 88.4. The highest BCUT2D eigenvalue weighted by molar-refractivity contribution is 6.43. The van der Waals surface area contributed by atoms with Gasteiger partial charge in [0.2, 0.25) is 17.6 Å². The SMILES string of the molecule is CC(=O)N1C[C@H](NC(=O)C(=O)c2ccccc2)C(=O)N(CC(=O)N[C@H](C=O)CC(=O)O)c2ccccc21. The summed E-state index contributed by atoms with van der Waals surface area (Å²) in [7, 11) is 0. The monoisotopic (exact) mass is 508 g/mol. The Labute approximate surface area is 211 Å². The van der Waals surface area contributed by atoms with E-state index < -0.39 is 60.4 Å². The minimum absolute atomic E-state index is 0.0994. The third-order valence-corrected chi connectivity index (χ3v) is 5.53. The zero-order chi connectivity index (χ0) is 27.1. The lowest BCUT2D eigenvalue weighted by molar-refractivity contribution is -0.139. The van der Waals surface area contributed by atoms with Crippen LogP contribution in [0.25, 0.3) is 0 Å². The number of amides is 4. The number of carboxylic acids is 1. The van der Waals surface area contributed by atoms with Crippen molar-refractivity contribution in [3.8, 4) is 0 Å². The van der Waals surface area contributed by atoms with Crippen LogP contribution in [0.2, 0.25) is 0 Å². The molecule has 1 aliphatic heterocycles. The van der Waals surface area contributed by atoms with E-state index in [0.29, 0.717) is 0 Å². The van der Waals surface area contributed by atoms with Crippen LogP contribution in [-0.4, -0.2) is 71.9 Å². The number of para-hydroxylation sites is 2. The van der Waals surface area contributed by atoms with Crippen LogP contribution in [0, 0.1) is 0 Å². The molecule has 0 saturated heterocycles. The molecule has 0 radical (unpaired) electrons. The molecule has 0 bridgehead atoms. The highest BCUT2D eigenvalue weighted by atomic mass is 16.4. The fourth-order valence-corrected chi connectivity index (χ4v) is 3.82. The molecule has 0 aromatic heterocycles. The van der Waals surface area contributed by atoms with Crippen molar-refractivity contribution in [2.45, 2.75) is 25.4 Å². The number of rotatable bonds is 9. The average molecular weight is 508 g/mol. The van der Waals surface area contributed by atoms with E-state index in [0.717, 1.165) is 4.90 Å². The van der Waals surface area contributed by atoms with E-state index in [1.165, 1.54) is 30.0 Å². The molecule has 0 fully saturated rings. The molecular formula is C25H24N4O8. The summed E-state index contributed by atoms with van der Waals surface area (Å²) in [6, 6.07) is 11.2. The first-order valence-electron chi connectivity index (χ1n) is 11.2. The highest BCUT2D eigenvalue weighted by Gasteiger charge is 2.37. The molecule has 2 atom stereocenters. The molecule has 1 heterocycles. The van der Waals surface area contributed by atoms with E-state index in [1.807, 2.05) is 0 Å². The van der Waals surface area contributed by atoms with Gasteiger partial charge in [-0.1, -0.05) is 42.5 Å². The van der Waals surface area contributed by atoms with Gasteiger partial charge in [-0.3, -0.25) is 33.7 Å². The maximum Gasteiger partial charge on any atom is 0.305 e. The van der Waals surface area contributed by atoms with E-state index in [1.54, 1.807) is 36.4 Å². The van der Waals surface area contributed by atoms with Gasteiger partial charge in [0.15, 0.2) is 0 Å². The molecule has 0 unspecified atom stereocenters. The van der Waals surface area contributed by atoms with Crippen molar-refractivity contribution >= 4 is 53.0 Å². The lowest BCUT2D eigenvalue weighted by atomic mass is 10.1. The molecule has 0 spiro atoms. The number of hydrogen-bond donors (Lipinski definition) is 3. The van der Waals surface area contributed by atoms with Gasteiger partial charge in [-0.05, 0) is 12.1 Å². The summed E-state index contributed by atoms with van der Waals surface area (Å²) in [6.07, 6.45) is -0.391. The molecule has 0 aliphatic carbocycles. The summed E-state index contributed by atoms with van der Waals surface area (Å²) in [5.74, 6) is -5.37. The number of aliphatic carboxylic acids is 1. The van der Waals surface area contributed by atoms with Gasteiger partial charge in [-0.2, -0.15) is 0 Å². The van der Waals surface area contributed by atoms with Crippen LogP contribution in [0.1, 0.15) is 23.7 Å². The van der Waals surface area contributed by atoms with Crippen molar-refractivity contribution in [3.05, 3.63) is 60.2 Å². The largest absolute Gasteiger partial charge is 0.481 e. The third-order valence-electron chi connectivity index (χ3n) is 5.53. The number of aldehydes is 1. The molecule has 37 heavy (non-hydrogen) atoms. The number of carboxylic acid groups (broad SMARTS) is 1. The van der Waals surface area contributed by atoms with Gasteiger partial charge in [0.25, 0.3) is 11.8 Å².